The third-order valence-corrected chi connectivity index (χ3v) is 5.80. The number of hydrogen-bond acceptors (Lipinski definition) is 4. The molecule has 1 atom stereocenters. The second-order valence-corrected chi connectivity index (χ2v) is 6.83. The van der Waals surface area contributed by atoms with Gasteiger partial charge in [-0.15, -0.1) is 0 Å². The Labute approximate surface area is 118 Å². The minimum Gasteiger partial charge on any atom is -0.329 e. The van der Waals surface area contributed by atoms with Crippen LogP contribution in [0.1, 0.15) is 12.8 Å². The molecule has 0 unspecified atom stereocenters. The van der Waals surface area contributed by atoms with Crippen LogP contribution < -0.4 is 5.73 Å². The maximum absolute atomic E-state index is 12.9. The van der Waals surface area contributed by atoms with Gasteiger partial charge in [0, 0.05) is 30.7 Å². The van der Waals surface area contributed by atoms with Crippen LogP contribution in [0.4, 0.5) is 0 Å². The van der Waals surface area contributed by atoms with Crippen LogP contribution >= 0.6 is 0 Å². The number of aromatic nitrogens is 1. The van der Waals surface area contributed by atoms with E-state index in [1.807, 2.05) is 6.07 Å². The molecule has 2 heterocycles. The van der Waals surface area contributed by atoms with Crippen LogP contribution in [0.5, 0.6) is 0 Å². The Morgan fingerprint density at radius 2 is 2.15 bits per heavy atom. The van der Waals surface area contributed by atoms with Crippen molar-refractivity contribution in [3.63, 3.8) is 0 Å². The predicted octanol–water partition coefficient (Wildman–Crippen LogP) is 1.35. The van der Waals surface area contributed by atoms with Crippen LogP contribution in [-0.2, 0) is 10.0 Å². The van der Waals surface area contributed by atoms with Gasteiger partial charge in [-0.05, 0) is 37.1 Å². The summed E-state index contributed by atoms with van der Waals surface area (Å²) in [7, 11) is -3.51. The molecular formula is C14H17N3O2S. The Hall–Kier alpha value is -1.50. The molecular weight excluding hydrogens is 274 g/mol. The molecule has 106 valence electrons. The average Bonchev–Trinajstić information content (AvgIpc) is 2.96. The van der Waals surface area contributed by atoms with E-state index in [0.717, 1.165) is 12.8 Å². The summed E-state index contributed by atoms with van der Waals surface area (Å²) in [6.07, 6.45) is 3.36. The summed E-state index contributed by atoms with van der Waals surface area (Å²) in [5.41, 5.74) is 6.38. The van der Waals surface area contributed by atoms with E-state index in [1.54, 1.807) is 30.5 Å². The zero-order chi connectivity index (χ0) is 14.2. The van der Waals surface area contributed by atoms with Crippen LogP contribution in [0.25, 0.3) is 10.9 Å². The fourth-order valence-corrected chi connectivity index (χ4v) is 4.69. The Bertz CT molecular complexity index is 725. The largest absolute Gasteiger partial charge is 0.329 e. The Morgan fingerprint density at radius 3 is 2.95 bits per heavy atom. The number of fused-ring (bicyclic) bond motifs is 1. The fraction of sp³-hybridized carbons (Fsp3) is 0.357. The van der Waals surface area contributed by atoms with Gasteiger partial charge in [0.15, 0.2) is 0 Å². The quantitative estimate of drug-likeness (QED) is 0.926. The van der Waals surface area contributed by atoms with Gasteiger partial charge >= 0.3 is 0 Å². The van der Waals surface area contributed by atoms with E-state index in [4.69, 9.17) is 5.73 Å². The van der Waals surface area contributed by atoms with Crippen molar-refractivity contribution in [2.45, 2.75) is 23.8 Å². The van der Waals surface area contributed by atoms with E-state index in [0.29, 0.717) is 28.9 Å². The van der Waals surface area contributed by atoms with E-state index in [9.17, 15) is 8.42 Å². The third kappa shape index (κ3) is 2.09. The van der Waals surface area contributed by atoms with Crippen molar-refractivity contribution in [2.24, 2.45) is 5.73 Å². The lowest BCUT2D eigenvalue weighted by atomic mass is 10.2. The molecule has 3 rings (SSSR count). The highest BCUT2D eigenvalue weighted by Crippen LogP contribution is 2.29. The summed E-state index contributed by atoms with van der Waals surface area (Å²) < 4.78 is 27.3. The Morgan fingerprint density at radius 1 is 1.30 bits per heavy atom. The Kier molecular flexibility index (Phi) is 3.45. The zero-order valence-corrected chi connectivity index (χ0v) is 11.9. The standard InChI is InChI=1S/C14H17N3O2S/c15-10-11-4-3-9-17(11)20(18,19)14-7-1-6-13-12(14)5-2-8-16-13/h1-2,5-8,11H,3-4,9-10,15H2/t11-/m0/s1. The molecule has 0 saturated carbocycles. The fourth-order valence-electron chi connectivity index (χ4n) is 2.79. The number of benzene rings is 1. The molecule has 1 saturated heterocycles. The van der Waals surface area contributed by atoms with Crippen molar-refractivity contribution >= 4 is 20.9 Å². The molecule has 0 amide bonds. The molecule has 1 aromatic heterocycles. The first-order valence-corrected chi connectivity index (χ1v) is 8.14. The topological polar surface area (TPSA) is 76.3 Å². The maximum Gasteiger partial charge on any atom is 0.244 e. The highest BCUT2D eigenvalue weighted by molar-refractivity contribution is 7.89. The number of hydrogen-bond donors (Lipinski definition) is 1. The van der Waals surface area contributed by atoms with Crippen LogP contribution in [0, 0.1) is 0 Å². The lowest BCUT2D eigenvalue weighted by Gasteiger charge is -2.23. The minimum atomic E-state index is -3.51. The average molecular weight is 291 g/mol. The molecule has 2 aromatic rings. The van der Waals surface area contributed by atoms with Gasteiger partial charge in [0.05, 0.1) is 10.4 Å². The molecule has 1 aromatic carbocycles. The highest BCUT2D eigenvalue weighted by atomic mass is 32.2. The summed E-state index contributed by atoms with van der Waals surface area (Å²) in [6.45, 7) is 0.906. The molecule has 1 fully saturated rings. The van der Waals surface area contributed by atoms with Crippen molar-refractivity contribution < 1.29 is 8.42 Å². The number of nitrogens with zero attached hydrogens (tertiary/aromatic N) is 2. The summed E-state index contributed by atoms with van der Waals surface area (Å²) >= 11 is 0. The first kappa shape index (κ1) is 13.5. The van der Waals surface area contributed by atoms with Crippen LogP contribution in [-0.4, -0.2) is 36.8 Å². The molecule has 6 heteroatoms. The van der Waals surface area contributed by atoms with E-state index < -0.39 is 10.0 Å². The second-order valence-electron chi connectivity index (χ2n) is 4.97. The summed E-state index contributed by atoms with van der Waals surface area (Å²) in [4.78, 5) is 4.54. The van der Waals surface area contributed by atoms with Crippen molar-refractivity contribution in [3.8, 4) is 0 Å². The van der Waals surface area contributed by atoms with Crippen molar-refractivity contribution in [1.82, 2.24) is 9.29 Å². The van der Waals surface area contributed by atoms with E-state index in [1.165, 1.54) is 4.31 Å². The first-order valence-electron chi connectivity index (χ1n) is 6.70. The SMILES string of the molecule is NC[C@@H]1CCCN1S(=O)(=O)c1cccc2ncccc12. The molecule has 0 radical (unpaired) electrons. The number of sulfonamides is 1. The highest BCUT2D eigenvalue weighted by Gasteiger charge is 2.35. The van der Waals surface area contributed by atoms with Gasteiger partial charge in [0.25, 0.3) is 0 Å². The van der Waals surface area contributed by atoms with E-state index in [-0.39, 0.29) is 6.04 Å². The molecule has 5 nitrogen and oxygen atoms in total. The smallest absolute Gasteiger partial charge is 0.244 e. The summed E-state index contributed by atoms with van der Waals surface area (Å²) in [5, 5.41) is 0.665. The second kappa shape index (κ2) is 5.12. The first-order chi connectivity index (χ1) is 9.64. The Balaban J connectivity index is 2.14. The van der Waals surface area contributed by atoms with Gasteiger partial charge in [-0.1, -0.05) is 6.07 Å². The molecule has 2 N–H and O–H groups in total. The van der Waals surface area contributed by atoms with Crippen LogP contribution in [0.15, 0.2) is 41.4 Å². The number of rotatable bonds is 3. The van der Waals surface area contributed by atoms with Gasteiger partial charge in [-0.2, -0.15) is 4.31 Å². The van der Waals surface area contributed by atoms with Gasteiger partial charge in [-0.25, -0.2) is 8.42 Å². The molecule has 1 aliphatic heterocycles. The zero-order valence-electron chi connectivity index (χ0n) is 11.1. The van der Waals surface area contributed by atoms with Crippen molar-refractivity contribution in [2.75, 3.05) is 13.1 Å². The van der Waals surface area contributed by atoms with Gasteiger partial charge in [0.1, 0.15) is 0 Å². The third-order valence-electron chi connectivity index (χ3n) is 3.79. The number of nitrogens with two attached hydrogens (primary N) is 1. The molecule has 0 bridgehead atoms. The maximum atomic E-state index is 12.9. The summed E-state index contributed by atoms with van der Waals surface area (Å²) in [5.74, 6) is 0. The minimum absolute atomic E-state index is 0.0908. The van der Waals surface area contributed by atoms with Gasteiger partial charge < -0.3 is 5.73 Å². The normalized spacial score (nSPS) is 20.6. The van der Waals surface area contributed by atoms with Crippen molar-refractivity contribution in [3.05, 3.63) is 36.5 Å². The van der Waals surface area contributed by atoms with E-state index >= 15 is 0 Å². The molecule has 0 spiro atoms. The van der Waals surface area contributed by atoms with Gasteiger partial charge in [-0.3, -0.25) is 4.98 Å². The monoisotopic (exact) mass is 291 g/mol. The van der Waals surface area contributed by atoms with E-state index in [2.05, 4.69) is 4.98 Å². The number of pyridine rings is 1. The molecule has 20 heavy (non-hydrogen) atoms. The lowest BCUT2D eigenvalue weighted by Crippen LogP contribution is -2.39. The lowest BCUT2D eigenvalue weighted by molar-refractivity contribution is 0.393. The van der Waals surface area contributed by atoms with Crippen LogP contribution in [0.3, 0.4) is 0 Å². The predicted molar refractivity (Wildman–Crippen MR) is 77.7 cm³/mol. The van der Waals surface area contributed by atoms with Crippen LogP contribution in [0.2, 0.25) is 0 Å². The molecule has 0 aliphatic carbocycles. The summed E-state index contributed by atoms with van der Waals surface area (Å²) in [6, 6.07) is 8.65. The van der Waals surface area contributed by atoms with Gasteiger partial charge in [0.2, 0.25) is 10.0 Å². The van der Waals surface area contributed by atoms with Crippen molar-refractivity contribution in [1.29, 1.82) is 0 Å². The molecule has 1 aliphatic rings.